The van der Waals surface area contributed by atoms with Crippen molar-refractivity contribution in [1.82, 2.24) is 5.32 Å². The quantitative estimate of drug-likeness (QED) is 0.735. The Labute approximate surface area is 131 Å². The molecule has 0 aliphatic carbocycles. The highest BCUT2D eigenvalue weighted by Crippen LogP contribution is 2.18. The van der Waals surface area contributed by atoms with Gasteiger partial charge in [-0.1, -0.05) is 32.0 Å². The van der Waals surface area contributed by atoms with E-state index in [4.69, 9.17) is 10.5 Å². The van der Waals surface area contributed by atoms with E-state index >= 15 is 0 Å². The molecular weight excluding hydrogens is 284 g/mol. The lowest BCUT2D eigenvalue weighted by Crippen LogP contribution is -2.40. The molecule has 0 saturated heterocycles. The summed E-state index contributed by atoms with van der Waals surface area (Å²) in [6.07, 6.45) is 2.70. The molecule has 1 atom stereocenters. The van der Waals surface area contributed by atoms with Crippen molar-refractivity contribution in [3.63, 3.8) is 0 Å². The molecule has 0 fully saturated rings. The lowest BCUT2D eigenvalue weighted by molar-refractivity contribution is -0.122. The van der Waals surface area contributed by atoms with Gasteiger partial charge < -0.3 is 15.8 Å². The largest absolute Gasteiger partial charge is 0.493 e. The van der Waals surface area contributed by atoms with Crippen molar-refractivity contribution in [2.75, 3.05) is 18.6 Å². The Morgan fingerprint density at radius 3 is 2.76 bits per heavy atom. The molecular formula is C16H26N2O2S. The van der Waals surface area contributed by atoms with E-state index in [-0.39, 0.29) is 5.91 Å². The standard InChI is InChI=1S/C16H26N2O2S/c1-12(2)11-20-15-7-5-4-6-13(15)10-18-16(19)14(17)8-9-21-3/h4-7,12,14H,8-11,17H2,1-3H3,(H,18,19)/t14-/m0/s1. The maximum Gasteiger partial charge on any atom is 0.237 e. The van der Waals surface area contributed by atoms with Crippen LogP contribution in [-0.4, -0.2) is 30.6 Å². The fraction of sp³-hybridized carbons (Fsp3) is 0.562. The SMILES string of the molecule is CSCC[C@H](N)C(=O)NCc1ccccc1OCC(C)C. The van der Waals surface area contributed by atoms with Gasteiger partial charge in [0.15, 0.2) is 0 Å². The number of carbonyl (C=O) groups is 1. The molecule has 118 valence electrons. The van der Waals surface area contributed by atoms with Gasteiger partial charge in [-0.15, -0.1) is 0 Å². The molecule has 0 aliphatic heterocycles. The van der Waals surface area contributed by atoms with Crippen LogP contribution < -0.4 is 15.8 Å². The zero-order valence-corrected chi connectivity index (χ0v) is 13.9. The summed E-state index contributed by atoms with van der Waals surface area (Å²) in [5.41, 5.74) is 6.82. The van der Waals surface area contributed by atoms with Crippen molar-refractivity contribution in [2.45, 2.75) is 32.9 Å². The summed E-state index contributed by atoms with van der Waals surface area (Å²) < 4.78 is 5.77. The number of nitrogens with one attached hydrogen (secondary N) is 1. The van der Waals surface area contributed by atoms with E-state index in [1.54, 1.807) is 11.8 Å². The van der Waals surface area contributed by atoms with Gasteiger partial charge in [0.05, 0.1) is 12.6 Å². The summed E-state index contributed by atoms with van der Waals surface area (Å²) in [4.78, 5) is 11.9. The molecule has 5 heteroatoms. The Balaban J connectivity index is 2.52. The van der Waals surface area contributed by atoms with Gasteiger partial charge in [-0.25, -0.2) is 0 Å². The van der Waals surface area contributed by atoms with Crippen LogP contribution in [0.15, 0.2) is 24.3 Å². The molecule has 0 bridgehead atoms. The van der Waals surface area contributed by atoms with Gasteiger partial charge in [0.2, 0.25) is 5.91 Å². The molecule has 1 aromatic rings. The van der Waals surface area contributed by atoms with Crippen molar-refractivity contribution >= 4 is 17.7 Å². The average Bonchev–Trinajstić information content (AvgIpc) is 2.48. The maximum atomic E-state index is 11.9. The molecule has 0 saturated carbocycles. The molecule has 0 aliphatic rings. The van der Waals surface area contributed by atoms with Gasteiger partial charge in [0.1, 0.15) is 5.75 Å². The van der Waals surface area contributed by atoms with Gasteiger partial charge in [-0.3, -0.25) is 4.79 Å². The van der Waals surface area contributed by atoms with E-state index in [1.807, 2.05) is 30.5 Å². The Bertz CT molecular complexity index is 438. The fourth-order valence-corrected chi connectivity index (χ4v) is 2.23. The van der Waals surface area contributed by atoms with Crippen LogP contribution in [0.25, 0.3) is 0 Å². The normalized spacial score (nSPS) is 12.2. The Kier molecular flexibility index (Phi) is 8.23. The molecule has 0 aromatic heterocycles. The number of benzene rings is 1. The predicted molar refractivity (Wildman–Crippen MR) is 89.6 cm³/mol. The summed E-state index contributed by atoms with van der Waals surface area (Å²) in [5.74, 6) is 2.07. The summed E-state index contributed by atoms with van der Waals surface area (Å²) in [6, 6.07) is 7.32. The van der Waals surface area contributed by atoms with Crippen LogP contribution in [0.5, 0.6) is 5.75 Å². The number of thioether (sulfide) groups is 1. The number of hydrogen-bond acceptors (Lipinski definition) is 4. The maximum absolute atomic E-state index is 11.9. The van der Waals surface area contributed by atoms with Crippen LogP contribution in [-0.2, 0) is 11.3 Å². The summed E-state index contributed by atoms with van der Waals surface area (Å²) in [7, 11) is 0. The van der Waals surface area contributed by atoms with Gasteiger partial charge in [0, 0.05) is 12.1 Å². The third-order valence-electron chi connectivity index (χ3n) is 2.97. The van der Waals surface area contributed by atoms with E-state index in [9.17, 15) is 4.79 Å². The van der Waals surface area contributed by atoms with Crippen molar-refractivity contribution in [2.24, 2.45) is 11.7 Å². The Morgan fingerprint density at radius 1 is 1.38 bits per heavy atom. The lowest BCUT2D eigenvalue weighted by Gasteiger charge is -2.15. The number of amides is 1. The minimum absolute atomic E-state index is 0.109. The topological polar surface area (TPSA) is 64.4 Å². The average molecular weight is 310 g/mol. The first-order valence-corrected chi connectivity index (χ1v) is 8.67. The van der Waals surface area contributed by atoms with Crippen LogP contribution in [0.3, 0.4) is 0 Å². The van der Waals surface area contributed by atoms with Gasteiger partial charge in [0.25, 0.3) is 0 Å². The van der Waals surface area contributed by atoms with Crippen LogP contribution in [0.4, 0.5) is 0 Å². The van der Waals surface area contributed by atoms with E-state index in [0.717, 1.165) is 17.1 Å². The summed E-state index contributed by atoms with van der Waals surface area (Å²) >= 11 is 1.69. The number of rotatable bonds is 9. The zero-order valence-electron chi connectivity index (χ0n) is 13.1. The van der Waals surface area contributed by atoms with Gasteiger partial charge >= 0.3 is 0 Å². The van der Waals surface area contributed by atoms with Crippen LogP contribution in [0.2, 0.25) is 0 Å². The highest BCUT2D eigenvalue weighted by molar-refractivity contribution is 7.98. The van der Waals surface area contributed by atoms with Crippen molar-refractivity contribution in [1.29, 1.82) is 0 Å². The van der Waals surface area contributed by atoms with Crippen LogP contribution in [0.1, 0.15) is 25.8 Å². The molecule has 0 heterocycles. The number of carbonyl (C=O) groups excluding carboxylic acids is 1. The first kappa shape index (κ1) is 17.9. The van der Waals surface area contributed by atoms with Crippen LogP contribution >= 0.6 is 11.8 Å². The number of hydrogen-bond donors (Lipinski definition) is 2. The minimum Gasteiger partial charge on any atom is -0.493 e. The Hall–Kier alpha value is -1.20. The third kappa shape index (κ3) is 6.87. The number of para-hydroxylation sites is 1. The van der Waals surface area contributed by atoms with Gasteiger partial charge in [-0.2, -0.15) is 11.8 Å². The second-order valence-electron chi connectivity index (χ2n) is 5.42. The third-order valence-corrected chi connectivity index (χ3v) is 3.61. The van der Waals surface area contributed by atoms with Crippen molar-refractivity contribution in [3.8, 4) is 5.75 Å². The van der Waals surface area contributed by atoms with E-state index in [2.05, 4.69) is 19.2 Å². The second kappa shape index (κ2) is 9.68. The highest BCUT2D eigenvalue weighted by Gasteiger charge is 2.13. The van der Waals surface area contributed by atoms with E-state index < -0.39 is 6.04 Å². The van der Waals surface area contributed by atoms with Gasteiger partial charge in [-0.05, 0) is 30.4 Å². The summed E-state index contributed by atoms with van der Waals surface area (Å²) in [5, 5.41) is 2.88. The highest BCUT2D eigenvalue weighted by atomic mass is 32.2. The molecule has 1 amide bonds. The molecule has 0 radical (unpaired) electrons. The number of ether oxygens (including phenoxy) is 1. The summed E-state index contributed by atoms with van der Waals surface area (Å²) in [6.45, 7) is 5.32. The first-order chi connectivity index (χ1) is 10.0. The first-order valence-electron chi connectivity index (χ1n) is 7.27. The molecule has 1 rings (SSSR count). The predicted octanol–water partition coefficient (Wildman–Crippen LogP) is 2.42. The minimum atomic E-state index is -0.443. The lowest BCUT2D eigenvalue weighted by atomic mass is 10.1. The molecule has 1 aromatic carbocycles. The molecule has 0 unspecified atom stereocenters. The van der Waals surface area contributed by atoms with E-state index in [0.29, 0.717) is 25.5 Å². The fourth-order valence-electron chi connectivity index (χ4n) is 1.74. The van der Waals surface area contributed by atoms with Crippen molar-refractivity contribution < 1.29 is 9.53 Å². The smallest absolute Gasteiger partial charge is 0.237 e. The van der Waals surface area contributed by atoms with Crippen LogP contribution in [0, 0.1) is 5.92 Å². The Morgan fingerprint density at radius 2 is 2.10 bits per heavy atom. The molecule has 4 nitrogen and oxygen atoms in total. The number of nitrogens with two attached hydrogens (primary N) is 1. The zero-order chi connectivity index (χ0) is 15.7. The molecule has 0 spiro atoms. The molecule has 21 heavy (non-hydrogen) atoms. The van der Waals surface area contributed by atoms with E-state index in [1.165, 1.54) is 0 Å². The molecule has 3 N–H and O–H groups in total. The van der Waals surface area contributed by atoms with Crippen molar-refractivity contribution in [3.05, 3.63) is 29.8 Å². The second-order valence-corrected chi connectivity index (χ2v) is 6.40. The monoisotopic (exact) mass is 310 g/mol.